The third-order valence-electron chi connectivity index (χ3n) is 4.73. The molecule has 0 aliphatic carbocycles. The normalized spacial score (nSPS) is 13.3. The van der Waals surface area contributed by atoms with Gasteiger partial charge < -0.3 is 14.5 Å². The molecular formula is C21H18N2O4. The lowest BCUT2D eigenvalue weighted by Gasteiger charge is -2.15. The van der Waals surface area contributed by atoms with E-state index in [1.165, 1.54) is 6.39 Å². The fraction of sp³-hybridized carbons (Fsp3) is 0.190. The predicted molar refractivity (Wildman–Crippen MR) is 99.1 cm³/mol. The van der Waals surface area contributed by atoms with Crippen LogP contribution in [-0.4, -0.2) is 30.3 Å². The summed E-state index contributed by atoms with van der Waals surface area (Å²) in [5.74, 6) is 0.322. The molecule has 0 bridgehead atoms. The largest absolute Gasteiger partial charge is 0.491 e. The van der Waals surface area contributed by atoms with Crippen molar-refractivity contribution in [2.45, 2.75) is 13.3 Å². The number of carbonyl (C=O) groups excluding carboxylic acids is 2. The molecular weight excluding hydrogens is 344 g/mol. The minimum absolute atomic E-state index is 0.175. The first-order valence-electron chi connectivity index (χ1n) is 8.67. The van der Waals surface area contributed by atoms with Crippen molar-refractivity contribution in [1.29, 1.82) is 0 Å². The number of carbonyl (C=O) groups is 2. The van der Waals surface area contributed by atoms with Crippen LogP contribution in [0.4, 0.5) is 0 Å². The van der Waals surface area contributed by atoms with Crippen LogP contribution < -0.4 is 10.1 Å². The lowest BCUT2D eigenvalue weighted by Crippen LogP contribution is -2.24. The van der Waals surface area contributed by atoms with E-state index in [2.05, 4.69) is 10.3 Å². The van der Waals surface area contributed by atoms with Crippen LogP contribution in [0.3, 0.4) is 0 Å². The van der Waals surface area contributed by atoms with Crippen molar-refractivity contribution in [3.8, 4) is 17.0 Å². The number of amides is 1. The molecule has 1 aliphatic rings. The Labute approximate surface area is 156 Å². The van der Waals surface area contributed by atoms with Gasteiger partial charge in [-0.3, -0.25) is 9.59 Å². The molecule has 2 heterocycles. The summed E-state index contributed by atoms with van der Waals surface area (Å²) in [6.07, 6.45) is 4.36. The summed E-state index contributed by atoms with van der Waals surface area (Å²) in [4.78, 5) is 28.2. The topological polar surface area (TPSA) is 81.4 Å². The third-order valence-corrected chi connectivity index (χ3v) is 4.73. The number of oxazole rings is 1. The number of aromatic nitrogens is 1. The van der Waals surface area contributed by atoms with Gasteiger partial charge in [-0.05, 0) is 30.5 Å². The maximum Gasteiger partial charge on any atom is 0.255 e. The second kappa shape index (κ2) is 7.07. The van der Waals surface area contributed by atoms with Crippen LogP contribution in [0.15, 0.2) is 47.4 Å². The van der Waals surface area contributed by atoms with Gasteiger partial charge in [0.15, 0.2) is 12.7 Å². The van der Waals surface area contributed by atoms with Crippen LogP contribution in [-0.2, 0) is 6.42 Å². The molecule has 0 spiro atoms. The molecule has 136 valence electrons. The minimum Gasteiger partial charge on any atom is -0.491 e. The second-order valence-corrected chi connectivity index (χ2v) is 6.42. The van der Waals surface area contributed by atoms with Crippen molar-refractivity contribution in [2.75, 3.05) is 13.2 Å². The van der Waals surface area contributed by atoms with Gasteiger partial charge in [-0.15, -0.1) is 0 Å². The van der Waals surface area contributed by atoms with E-state index >= 15 is 0 Å². The predicted octanol–water partition coefficient (Wildman–Crippen LogP) is 3.18. The Hall–Kier alpha value is -3.41. The Morgan fingerprint density at radius 2 is 2.07 bits per heavy atom. The zero-order chi connectivity index (χ0) is 18.8. The average molecular weight is 362 g/mol. The molecule has 0 saturated heterocycles. The molecule has 27 heavy (non-hydrogen) atoms. The summed E-state index contributed by atoms with van der Waals surface area (Å²) in [6, 6.07) is 9.64. The van der Waals surface area contributed by atoms with Crippen molar-refractivity contribution in [3.63, 3.8) is 0 Å². The van der Waals surface area contributed by atoms with E-state index < -0.39 is 0 Å². The number of nitrogens with one attached hydrogen (secondary N) is 1. The number of aldehydes is 1. The van der Waals surface area contributed by atoms with Crippen LogP contribution in [0.1, 0.15) is 37.4 Å². The molecule has 1 aromatic heterocycles. The lowest BCUT2D eigenvalue weighted by atomic mass is 9.92. The van der Waals surface area contributed by atoms with E-state index in [1.807, 2.05) is 31.2 Å². The quantitative estimate of drug-likeness (QED) is 0.721. The molecule has 2 aromatic carbocycles. The molecule has 4 rings (SSSR count). The van der Waals surface area contributed by atoms with E-state index in [1.54, 1.807) is 12.3 Å². The van der Waals surface area contributed by atoms with Crippen LogP contribution >= 0.6 is 0 Å². The number of rotatable bonds is 4. The Kier molecular flexibility index (Phi) is 4.46. The number of hydrogen-bond acceptors (Lipinski definition) is 5. The maximum absolute atomic E-state index is 12.3. The van der Waals surface area contributed by atoms with E-state index in [9.17, 15) is 9.59 Å². The molecule has 1 N–H and O–H groups in total. The van der Waals surface area contributed by atoms with Gasteiger partial charge in [0.2, 0.25) is 0 Å². The smallest absolute Gasteiger partial charge is 0.255 e. The second-order valence-electron chi connectivity index (χ2n) is 6.42. The van der Waals surface area contributed by atoms with E-state index in [0.29, 0.717) is 42.0 Å². The van der Waals surface area contributed by atoms with Gasteiger partial charge in [0.25, 0.3) is 5.91 Å². The number of fused-ring (bicyclic) bond motifs is 1. The van der Waals surface area contributed by atoms with Gasteiger partial charge in [0.05, 0.1) is 12.1 Å². The number of benzene rings is 2. The number of hydrogen-bond donors (Lipinski definition) is 1. The number of nitrogens with zero attached hydrogens (tertiary/aromatic N) is 1. The first kappa shape index (κ1) is 17.0. The van der Waals surface area contributed by atoms with Crippen molar-refractivity contribution in [2.24, 2.45) is 0 Å². The fourth-order valence-electron chi connectivity index (χ4n) is 3.33. The molecule has 3 aromatic rings. The first-order chi connectivity index (χ1) is 13.2. The average Bonchev–Trinajstić information content (AvgIpc) is 3.15. The zero-order valence-corrected chi connectivity index (χ0v) is 14.8. The lowest BCUT2D eigenvalue weighted by molar-refractivity contribution is 0.0956. The molecule has 0 radical (unpaired) electrons. The third kappa shape index (κ3) is 3.21. The summed E-state index contributed by atoms with van der Waals surface area (Å²) in [5, 5.41) is 2.81. The Morgan fingerprint density at radius 1 is 1.26 bits per heavy atom. The molecule has 1 amide bonds. The van der Waals surface area contributed by atoms with E-state index in [0.717, 1.165) is 28.7 Å². The fourth-order valence-corrected chi connectivity index (χ4v) is 3.33. The van der Waals surface area contributed by atoms with E-state index in [-0.39, 0.29) is 5.91 Å². The van der Waals surface area contributed by atoms with Crippen LogP contribution in [0, 0.1) is 6.92 Å². The SMILES string of the molecule is Cc1c(C=O)c(Cc2ccc(-c3cocn3)cc2)cc2c1OCCNC2=O. The Morgan fingerprint density at radius 3 is 2.78 bits per heavy atom. The van der Waals surface area contributed by atoms with Crippen LogP contribution in [0.25, 0.3) is 11.3 Å². The summed E-state index contributed by atoms with van der Waals surface area (Å²) >= 11 is 0. The highest BCUT2D eigenvalue weighted by molar-refractivity contribution is 5.99. The molecule has 0 unspecified atom stereocenters. The standard InChI is InChI=1S/C21H18N2O4/c1-13-18(10-24)16(9-17-20(13)27-7-6-22-21(17)25)8-14-2-4-15(5-3-14)19-11-26-12-23-19/h2-5,9-12H,6-8H2,1H3,(H,22,25). The maximum atomic E-state index is 12.3. The minimum atomic E-state index is -0.175. The van der Waals surface area contributed by atoms with Crippen LogP contribution in [0.5, 0.6) is 5.75 Å². The highest BCUT2D eigenvalue weighted by Crippen LogP contribution is 2.31. The van der Waals surface area contributed by atoms with Crippen molar-refractivity contribution in [1.82, 2.24) is 10.3 Å². The summed E-state index contributed by atoms with van der Waals surface area (Å²) in [5.41, 5.74) is 5.30. The summed E-state index contributed by atoms with van der Waals surface area (Å²) in [6.45, 7) is 2.65. The van der Waals surface area contributed by atoms with Gasteiger partial charge in [0.1, 0.15) is 24.3 Å². The van der Waals surface area contributed by atoms with Crippen molar-refractivity contribution in [3.05, 3.63) is 70.8 Å². The summed E-state index contributed by atoms with van der Waals surface area (Å²) < 4.78 is 10.7. The Balaban J connectivity index is 1.70. The summed E-state index contributed by atoms with van der Waals surface area (Å²) in [7, 11) is 0. The van der Waals surface area contributed by atoms with Crippen LogP contribution in [0.2, 0.25) is 0 Å². The highest BCUT2D eigenvalue weighted by atomic mass is 16.5. The van der Waals surface area contributed by atoms with Gasteiger partial charge in [-0.2, -0.15) is 0 Å². The van der Waals surface area contributed by atoms with Gasteiger partial charge in [-0.25, -0.2) is 4.98 Å². The van der Waals surface area contributed by atoms with E-state index in [4.69, 9.17) is 9.15 Å². The monoisotopic (exact) mass is 362 g/mol. The van der Waals surface area contributed by atoms with Gasteiger partial charge in [0, 0.05) is 16.7 Å². The zero-order valence-electron chi connectivity index (χ0n) is 14.8. The number of ether oxygens (including phenoxy) is 1. The van der Waals surface area contributed by atoms with Crippen molar-refractivity contribution < 1.29 is 18.7 Å². The molecule has 0 atom stereocenters. The van der Waals surface area contributed by atoms with Gasteiger partial charge in [-0.1, -0.05) is 24.3 Å². The van der Waals surface area contributed by atoms with Crippen molar-refractivity contribution >= 4 is 12.2 Å². The Bertz CT molecular complexity index is 992. The van der Waals surface area contributed by atoms with Gasteiger partial charge >= 0.3 is 0 Å². The molecule has 6 heteroatoms. The highest BCUT2D eigenvalue weighted by Gasteiger charge is 2.22. The first-order valence-corrected chi connectivity index (χ1v) is 8.67. The molecule has 6 nitrogen and oxygen atoms in total. The molecule has 0 fully saturated rings. The molecule has 1 aliphatic heterocycles. The molecule has 0 saturated carbocycles.